The predicted molar refractivity (Wildman–Crippen MR) is 65.1 cm³/mol. The van der Waals surface area contributed by atoms with Crippen LogP contribution in [-0.4, -0.2) is 0 Å². The monoisotopic (exact) mass is 208 g/mol. The summed E-state index contributed by atoms with van der Waals surface area (Å²) in [6.07, 6.45) is 2.70. The van der Waals surface area contributed by atoms with Crippen LogP contribution in [0.3, 0.4) is 0 Å². The zero-order chi connectivity index (χ0) is 11.2. The summed E-state index contributed by atoms with van der Waals surface area (Å²) in [4.78, 5) is 0. The van der Waals surface area contributed by atoms with E-state index in [-0.39, 0.29) is 0 Å². The molecule has 2 aromatic carbocycles. The van der Waals surface area contributed by atoms with Crippen LogP contribution >= 0.6 is 0 Å². The van der Waals surface area contributed by atoms with Crippen molar-refractivity contribution in [3.63, 3.8) is 0 Å². The number of hydrogen-bond donors (Lipinski definition) is 0. The number of rotatable bonds is 1. The van der Waals surface area contributed by atoms with E-state index in [2.05, 4.69) is 12.0 Å². The standard InChI is InChI=1S/C15H12O/c1-13-6-5-9-15(12-13)16-11-10-14-7-3-2-4-8-14/h2-9,12H,1H3. The largest absolute Gasteiger partial charge is 0.407 e. The first-order valence-electron chi connectivity index (χ1n) is 5.14. The van der Waals surface area contributed by atoms with Crippen LogP contribution in [0, 0.1) is 19.0 Å². The normalized spacial score (nSPS) is 9.06. The lowest BCUT2D eigenvalue weighted by Gasteiger charge is -1.97. The topological polar surface area (TPSA) is 9.23 Å². The maximum Gasteiger partial charge on any atom is 0.140 e. The van der Waals surface area contributed by atoms with Crippen LogP contribution in [-0.2, 0) is 0 Å². The molecule has 0 fully saturated rings. The van der Waals surface area contributed by atoms with Crippen molar-refractivity contribution in [3.8, 4) is 17.8 Å². The molecule has 0 saturated heterocycles. The molecule has 0 N–H and O–H groups in total. The van der Waals surface area contributed by atoms with Crippen molar-refractivity contribution in [1.29, 1.82) is 0 Å². The molecule has 0 spiro atoms. The van der Waals surface area contributed by atoms with Crippen molar-refractivity contribution in [2.45, 2.75) is 6.92 Å². The molecule has 2 aromatic rings. The Bertz CT molecular complexity index is 518. The highest BCUT2D eigenvalue weighted by atomic mass is 16.5. The SMILES string of the molecule is Cc1cccc(OC#Cc2ccccc2)c1. The first kappa shape index (κ1) is 10.3. The fourth-order valence-electron chi connectivity index (χ4n) is 1.34. The van der Waals surface area contributed by atoms with Crippen molar-refractivity contribution in [2.24, 2.45) is 0 Å². The maximum absolute atomic E-state index is 5.33. The molecule has 0 heterocycles. The number of hydrogen-bond acceptors (Lipinski definition) is 1. The molecule has 0 radical (unpaired) electrons. The van der Waals surface area contributed by atoms with Crippen LogP contribution in [0.2, 0.25) is 0 Å². The Morgan fingerprint density at radius 3 is 2.50 bits per heavy atom. The average molecular weight is 208 g/mol. The predicted octanol–water partition coefficient (Wildman–Crippen LogP) is 3.38. The quantitative estimate of drug-likeness (QED) is 0.653. The van der Waals surface area contributed by atoms with Gasteiger partial charge in [-0.15, -0.1) is 0 Å². The van der Waals surface area contributed by atoms with Crippen LogP contribution in [0.25, 0.3) is 0 Å². The lowest BCUT2D eigenvalue weighted by Crippen LogP contribution is -1.83. The van der Waals surface area contributed by atoms with Crippen LogP contribution in [0.15, 0.2) is 54.6 Å². The number of benzene rings is 2. The highest BCUT2D eigenvalue weighted by Gasteiger charge is 1.90. The summed E-state index contributed by atoms with van der Waals surface area (Å²) in [6, 6.07) is 17.6. The molecule has 1 nitrogen and oxygen atoms in total. The van der Waals surface area contributed by atoms with Gasteiger partial charge in [0.05, 0.1) is 0 Å². The molecule has 0 aliphatic rings. The van der Waals surface area contributed by atoms with Gasteiger partial charge < -0.3 is 4.74 Å². The van der Waals surface area contributed by atoms with E-state index in [0.29, 0.717) is 0 Å². The van der Waals surface area contributed by atoms with E-state index < -0.39 is 0 Å². The summed E-state index contributed by atoms with van der Waals surface area (Å²) >= 11 is 0. The third-order valence-electron chi connectivity index (χ3n) is 2.13. The Kier molecular flexibility index (Phi) is 3.25. The van der Waals surface area contributed by atoms with E-state index in [9.17, 15) is 0 Å². The maximum atomic E-state index is 5.33. The van der Waals surface area contributed by atoms with Gasteiger partial charge in [0.1, 0.15) is 11.9 Å². The van der Waals surface area contributed by atoms with Crippen LogP contribution in [0.5, 0.6) is 5.75 Å². The zero-order valence-electron chi connectivity index (χ0n) is 9.10. The van der Waals surface area contributed by atoms with Crippen molar-refractivity contribution >= 4 is 0 Å². The van der Waals surface area contributed by atoms with E-state index in [0.717, 1.165) is 11.3 Å². The summed E-state index contributed by atoms with van der Waals surface area (Å²) in [5.41, 5.74) is 2.12. The van der Waals surface area contributed by atoms with Crippen molar-refractivity contribution < 1.29 is 4.74 Å². The van der Waals surface area contributed by atoms with E-state index in [1.807, 2.05) is 61.5 Å². The highest BCUT2D eigenvalue weighted by molar-refractivity contribution is 5.34. The van der Waals surface area contributed by atoms with Crippen LogP contribution in [0.4, 0.5) is 0 Å². The summed E-state index contributed by atoms with van der Waals surface area (Å²) in [5, 5.41) is 0. The molecule has 16 heavy (non-hydrogen) atoms. The van der Waals surface area contributed by atoms with Gasteiger partial charge in [0.15, 0.2) is 0 Å². The Morgan fingerprint density at radius 2 is 1.75 bits per heavy atom. The minimum absolute atomic E-state index is 0.781. The second kappa shape index (κ2) is 5.04. The molecule has 0 aromatic heterocycles. The Labute approximate surface area is 95.7 Å². The van der Waals surface area contributed by atoms with Gasteiger partial charge in [-0.1, -0.05) is 30.3 Å². The molecule has 0 aliphatic carbocycles. The Morgan fingerprint density at radius 1 is 0.938 bits per heavy atom. The Hall–Kier alpha value is -2.20. The second-order valence-electron chi connectivity index (χ2n) is 3.51. The molecule has 78 valence electrons. The minimum Gasteiger partial charge on any atom is -0.407 e. The zero-order valence-corrected chi connectivity index (χ0v) is 9.10. The van der Waals surface area contributed by atoms with Gasteiger partial charge in [-0.3, -0.25) is 0 Å². The molecular weight excluding hydrogens is 196 g/mol. The lowest BCUT2D eigenvalue weighted by atomic mass is 10.2. The average Bonchev–Trinajstić information content (AvgIpc) is 2.30. The van der Waals surface area contributed by atoms with E-state index in [4.69, 9.17) is 4.74 Å². The second-order valence-corrected chi connectivity index (χ2v) is 3.51. The summed E-state index contributed by atoms with van der Waals surface area (Å²) < 4.78 is 5.33. The molecule has 2 rings (SSSR count). The van der Waals surface area contributed by atoms with Crippen molar-refractivity contribution in [3.05, 3.63) is 65.7 Å². The first-order valence-corrected chi connectivity index (χ1v) is 5.14. The molecule has 0 bridgehead atoms. The van der Waals surface area contributed by atoms with Gasteiger partial charge in [-0.25, -0.2) is 0 Å². The van der Waals surface area contributed by atoms with Gasteiger partial charge in [-0.05, 0) is 42.7 Å². The van der Waals surface area contributed by atoms with Gasteiger partial charge >= 0.3 is 0 Å². The smallest absolute Gasteiger partial charge is 0.140 e. The van der Waals surface area contributed by atoms with Gasteiger partial charge in [0.25, 0.3) is 0 Å². The molecule has 0 aliphatic heterocycles. The molecule has 0 unspecified atom stereocenters. The minimum atomic E-state index is 0.781. The Balaban J connectivity index is 2.06. The van der Waals surface area contributed by atoms with Crippen molar-refractivity contribution in [1.82, 2.24) is 0 Å². The lowest BCUT2D eigenvalue weighted by molar-refractivity contribution is 0.519. The van der Waals surface area contributed by atoms with Gasteiger partial charge in [0.2, 0.25) is 0 Å². The van der Waals surface area contributed by atoms with E-state index in [1.165, 1.54) is 5.56 Å². The molecule has 0 saturated carbocycles. The van der Waals surface area contributed by atoms with E-state index >= 15 is 0 Å². The molecule has 0 atom stereocenters. The number of ether oxygens (including phenoxy) is 1. The molecular formula is C15H12O. The van der Waals surface area contributed by atoms with Crippen molar-refractivity contribution in [2.75, 3.05) is 0 Å². The molecule has 0 amide bonds. The third-order valence-corrected chi connectivity index (χ3v) is 2.13. The fraction of sp³-hybridized carbons (Fsp3) is 0.0667. The van der Waals surface area contributed by atoms with E-state index in [1.54, 1.807) is 0 Å². The summed E-state index contributed by atoms with van der Waals surface area (Å²) in [6.45, 7) is 2.03. The van der Waals surface area contributed by atoms with Gasteiger partial charge in [0, 0.05) is 5.56 Å². The summed E-state index contributed by atoms with van der Waals surface area (Å²) in [7, 11) is 0. The first-order chi connectivity index (χ1) is 7.84. The van der Waals surface area contributed by atoms with Crippen LogP contribution in [0.1, 0.15) is 11.1 Å². The van der Waals surface area contributed by atoms with Gasteiger partial charge in [-0.2, -0.15) is 0 Å². The third kappa shape index (κ3) is 2.90. The highest BCUT2D eigenvalue weighted by Crippen LogP contribution is 2.11. The molecule has 1 heteroatoms. The summed E-state index contributed by atoms with van der Waals surface area (Å²) in [5.74, 6) is 3.72. The van der Waals surface area contributed by atoms with Crippen LogP contribution < -0.4 is 4.74 Å². The fourth-order valence-corrected chi connectivity index (χ4v) is 1.34. The number of aryl methyl sites for hydroxylation is 1.